The van der Waals surface area contributed by atoms with Gasteiger partial charge in [-0.2, -0.15) is 4.31 Å². The second-order valence-corrected chi connectivity index (χ2v) is 7.16. The number of hydrogen-bond acceptors (Lipinski definition) is 3. The fourth-order valence-electron chi connectivity index (χ4n) is 2.62. The number of carboxylic acid groups (broad SMARTS) is 1. The van der Waals surface area contributed by atoms with Crippen molar-refractivity contribution in [1.29, 1.82) is 0 Å². The van der Waals surface area contributed by atoms with Crippen molar-refractivity contribution in [3.63, 3.8) is 0 Å². The van der Waals surface area contributed by atoms with Crippen molar-refractivity contribution >= 4 is 16.0 Å². The molecule has 0 radical (unpaired) electrons. The number of carboxylic acids is 1. The van der Waals surface area contributed by atoms with Crippen LogP contribution in [-0.4, -0.2) is 36.4 Å². The molecule has 0 bridgehead atoms. The maximum Gasteiger partial charge on any atom is 0.304 e. The monoisotopic (exact) mass is 315 g/mol. The number of sulfonamides is 1. The van der Waals surface area contributed by atoms with Crippen molar-refractivity contribution in [2.75, 3.05) is 6.54 Å². The van der Waals surface area contributed by atoms with E-state index in [-0.39, 0.29) is 12.2 Å². The SMILES string of the molecule is O=C(O)CC1CCCCN1S(=O)(=O)Cc1ccc(F)cc1. The summed E-state index contributed by atoms with van der Waals surface area (Å²) in [6.07, 6.45) is 1.96. The molecule has 0 aromatic heterocycles. The van der Waals surface area contributed by atoms with Crippen LogP contribution in [0.15, 0.2) is 24.3 Å². The lowest BCUT2D eigenvalue weighted by molar-refractivity contribution is -0.138. The number of halogens is 1. The van der Waals surface area contributed by atoms with Gasteiger partial charge in [-0.05, 0) is 30.5 Å². The van der Waals surface area contributed by atoms with E-state index in [0.29, 0.717) is 18.5 Å². The van der Waals surface area contributed by atoms with Crippen LogP contribution in [-0.2, 0) is 20.6 Å². The van der Waals surface area contributed by atoms with Crippen LogP contribution >= 0.6 is 0 Å². The highest BCUT2D eigenvalue weighted by atomic mass is 32.2. The summed E-state index contributed by atoms with van der Waals surface area (Å²) < 4.78 is 39.1. The van der Waals surface area contributed by atoms with Crippen molar-refractivity contribution in [2.45, 2.75) is 37.5 Å². The van der Waals surface area contributed by atoms with Crippen molar-refractivity contribution in [3.8, 4) is 0 Å². The van der Waals surface area contributed by atoms with E-state index < -0.39 is 27.9 Å². The first kappa shape index (κ1) is 15.9. The van der Waals surface area contributed by atoms with Crippen LogP contribution < -0.4 is 0 Å². The van der Waals surface area contributed by atoms with Gasteiger partial charge in [0.1, 0.15) is 5.82 Å². The van der Waals surface area contributed by atoms with Gasteiger partial charge in [0.2, 0.25) is 10.0 Å². The molecule has 1 N–H and O–H groups in total. The van der Waals surface area contributed by atoms with Gasteiger partial charge in [-0.3, -0.25) is 4.79 Å². The maximum absolute atomic E-state index is 12.9. The van der Waals surface area contributed by atoms with E-state index in [0.717, 1.165) is 12.8 Å². The standard InChI is InChI=1S/C14H18FNO4S/c15-12-6-4-11(5-7-12)10-21(19,20)16-8-2-1-3-13(16)9-14(17)18/h4-7,13H,1-3,8-10H2,(H,17,18). The molecule has 1 aliphatic heterocycles. The second-order valence-electron chi connectivity index (χ2n) is 5.24. The van der Waals surface area contributed by atoms with Gasteiger partial charge in [-0.1, -0.05) is 18.6 Å². The summed E-state index contributed by atoms with van der Waals surface area (Å²) in [6.45, 7) is 0.349. The van der Waals surface area contributed by atoms with Crippen LogP contribution in [0.25, 0.3) is 0 Å². The van der Waals surface area contributed by atoms with Crippen LogP contribution in [0, 0.1) is 5.82 Å². The second kappa shape index (κ2) is 6.53. The van der Waals surface area contributed by atoms with Crippen molar-refractivity contribution in [1.82, 2.24) is 4.31 Å². The Kier molecular flexibility index (Phi) is 4.95. The predicted molar refractivity (Wildman–Crippen MR) is 75.6 cm³/mol. The number of hydrogen-bond donors (Lipinski definition) is 1. The highest BCUT2D eigenvalue weighted by Crippen LogP contribution is 2.25. The van der Waals surface area contributed by atoms with Crippen LogP contribution in [0.2, 0.25) is 0 Å². The Labute approximate surface area is 123 Å². The summed E-state index contributed by atoms with van der Waals surface area (Å²) in [7, 11) is -3.60. The fourth-order valence-corrected chi connectivity index (χ4v) is 4.44. The smallest absolute Gasteiger partial charge is 0.304 e. The Bertz CT molecular complexity index is 600. The summed E-state index contributed by atoms with van der Waals surface area (Å²) in [5.74, 6) is -1.65. The average molecular weight is 315 g/mol. The number of rotatable bonds is 5. The molecule has 1 heterocycles. The quantitative estimate of drug-likeness (QED) is 0.901. The third kappa shape index (κ3) is 4.25. The molecule has 1 atom stereocenters. The Morgan fingerprint density at radius 1 is 1.29 bits per heavy atom. The Morgan fingerprint density at radius 2 is 1.95 bits per heavy atom. The molecule has 0 saturated carbocycles. The fraction of sp³-hybridized carbons (Fsp3) is 0.500. The van der Waals surface area contributed by atoms with Gasteiger partial charge in [-0.25, -0.2) is 12.8 Å². The van der Waals surface area contributed by atoms with Gasteiger partial charge in [0.25, 0.3) is 0 Å². The van der Waals surface area contributed by atoms with E-state index in [1.165, 1.54) is 28.6 Å². The van der Waals surface area contributed by atoms with Crippen LogP contribution in [0.5, 0.6) is 0 Å². The topological polar surface area (TPSA) is 74.7 Å². The van der Waals surface area contributed by atoms with Gasteiger partial charge in [-0.15, -0.1) is 0 Å². The van der Waals surface area contributed by atoms with Crippen molar-refractivity contribution in [2.24, 2.45) is 0 Å². The number of benzene rings is 1. The minimum atomic E-state index is -3.60. The number of nitrogens with zero attached hydrogens (tertiary/aromatic N) is 1. The number of aliphatic carboxylic acids is 1. The molecule has 1 saturated heterocycles. The minimum Gasteiger partial charge on any atom is -0.481 e. The lowest BCUT2D eigenvalue weighted by Crippen LogP contribution is -2.45. The Hall–Kier alpha value is -1.47. The number of carbonyl (C=O) groups is 1. The maximum atomic E-state index is 12.9. The van der Waals surface area contributed by atoms with E-state index in [4.69, 9.17) is 5.11 Å². The van der Waals surface area contributed by atoms with E-state index in [9.17, 15) is 17.6 Å². The summed E-state index contributed by atoms with van der Waals surface area (Å²) >= 11 is 0. The zero-order chi connectivity index (χ0) is 15.5. The van der Waals surface area contributed by atoms with Crippen molar-refractivity contribution < 1.29 is 22.7 Å². The summed E-state index contributed by atoms with van der Waals surface area (Å²) in [4.78, 5) is 10.9. The molecule has 1 aromatic rings. The van der Waals surface area contributed by atoms with E-state index in [1.54, 1.807) is 0 Å². The van der Waals surface area contributed by atoms with Crippen LogP contribution in [0.4, 0.5) is 4.39 Å². The van der Waals surface area contributed by atoms with Gasteiger partial charge in [0.05, 0.1) is 12.2 Å². The van der Waals surface area contributed by atoms with Gasteiger partial charge in [0, 0.05) is 12.6 Å². The van der Waals surface area contributed by atoms with Crippen LogP contribution in [0.1, 0.15) is 31.2 Å². The first-order chi connectivity index (χ1) is 9.88. The zero-order valence-corrected chi connectivity index (χ0v) is 12.4. The molecule has 0 amide bonds. The molecular weight excluding hydrogens is 297 g/mol. The van der Waals surface area contributed by atoms with E-state index in [2.05, 4.69) is 0 Å². The van der Waals surface area contributed by atoms with Gasteiger partial charge < -0.3 is 5.11 Å². The third-order valence-corrected chi connectivity index (χ3v) is 5.50. The van der Waals surface area contributed by atoms with Crippen molar-refractivity contribution in [3.05, 3.63) is 35.6 Å². The molecule has 1 aliphatic rings. The molecular formula is C14H18FNO4S. The van der Waals surface area contributed by atoms with Gasteiger partial charge in [0.15, 0.2) is 0 Å². The lowest BCUT2D eigenvalue weighted by atomic mass is 10.0. The molecule has 2 rings (SSSR count). The Balaban J connectivity index is 2.15. The Morgan fingerprint density at radius 3 is 2.57 bits per heavy atom. The van der Waals surface area contributed by atoms with Gasteiger partial charge >= 0.3 is 5.97 Å². The number of piperidine rings is 1. The lowest BCUT2D eigenvalue weighted by Gasteiger charge is -2.33. The molecule has 1 aromatic carbocycles. The average Bonchev–Trinajstić information content (AvgIpc) is 2.41. The highest BCUT2D eigenvalue weighted by Gasteiger charge is 2.33. The first-order valence-corrected chi connectivity index (χ1v) is 8.45. The normalized spacial score (nSPS) is 20.3. The molecule has 0 aliphatic carbocycles. The summed E-state index contributed by atoms with van der Waals surface area (Å²) in [5.41, 5.74) is 0.496. The molecule has 5 nitrogen and oxygen atoms in total. The largest absolute Gasteiger partial charge is 0.481 e. The molecule has 1 unspecified atom stereocenters. The molecule has 0 spiro atoms. The summed E-state index contributed by atoms with van der Waals surface area (Å²) in [5, 5.41) is 8.91. The minimum absolute atomic E-state index is 0.178. The molecule has 116 valence electrons. The molecule has 7 heteroatoms. The van der Waals surface area contributed by atoms with Crippen LogP contribution in [0.3, 0.4) is 0 Å². The molecule has 1 fully saturated rings. The zero-order valence-electron chi connectivity index (χ0n) is 11.5. The third-order valence-electron chi connectivity index (χ3n) is 3.60. The summed E-state index contributed by atoms with van der Waals surface area (Å²) in [6, 6.07) is 4.82. The first-order valence-electron chi connectivity index (χ1n) is 6.84. The van der Waals surface area contributed by atoms with E-state index >= 15 is 0 Å². The highest BCUT2D eigenvalue weighted by molar-refractivity contribution is 7.88. The van der Waals surface area contributed by atoms with E-state index in [1.807, 2.05) is 0 Å². The predicted octanol–water partition coefficient (Wildman–Crippen LogP) is 1.98. The molecule has 21 heavy (non-hydrogen) atoms.